The molecule has 0 unspecified atom stereocenters. The molecule has 32 heavy (non-hydrogen) atoms. The first-order valence-corrected chi connectivity index (χ1v) is 9.77. The molecule has 166 valence electrons. The van der Waals surface area contributed by atoms with Crippen LogP contribution in [0.25, 0.3) is 0 Å². The first-order chi connectivity index (χ1) is 15.1. The fourth-order valence-corrected chi connectivity index (χ4v) is 3.52. The number of amidine groups is 1. The molecule has 0 aromatic heterocycles. The van der Waals surface area contributed by atoms with Crippen molar-refractivity contribution in [3.05, 3.63) is 71.3 Å². The zero-order valence-corrected chi connectivity index (χ0v) is 17.3. The van der Waals surface area contributed by atoms with Crippen LogP contribution in [-0.4, -0.2) is 46.2 Å². The Morgan fingerprint density at radius 3 is 2.34 bits per heavy atom. The van der Waals surface area contributed by atoms with Crippen molar-refractivity contribution in [3.8, 4) is 0 Å². The fraction of sp³-hybridized carbons (Fsp3) is 0.227. The standard InChI is InChI=1S/C22H23N5O5/c1-22(15-9-7-14(8-10-15)19(23)24)20(31)27(21(32)26-22)12-17(28)25-16(11-18(29)30)13-5-3-2-4-6-13/h2-10,16H,11-12H2,1H3,(H3,23,24)(H,25,28)(H,26,32)(H,29,30)/t16-,22+/m0/s1. The predicted molar refractivity (Wildman–Crippen MR) is 115 cm³/mol. The van der Waals surface area contributed by atoms with Gasteiger partial charge in [-0.3, -0.25) is 24.7 Å². The van der Waals surface area contributed by atoms with E-state index in [0.717, 1.165) is 4.90 Å². The minimum atomic E-state index is -1.40. The summed E-state index contributed by atoms with van der Waals surface area (Å²) < 4.78 is 0. The van der Waals surface area contributed by atoms with Crippen LogP contribution in [0.4, 0.5) is 4.79 Å². The Kier molecular flexibility index (Phi) is 6.24. The lowest BCUT2D eigenvalue weighted by atomic mass is 9.91. The van der Waals surface area contributed by atoms with Crippen molar-refractivity contribution >= 4 is 29.7 Å². The van der Waals surface area contributed by atoms with Crippen LogP contribution >= 0.6 is 0 Å². The first kappa shape index (κ1) is 22.5. The van der Waals surface area contributed by atoms with Crippen LogP contribution in [0.15, 0.2) is 54.6 Å². The first-order valence-electron chi connectivity index (χ1n) is 9.77. The van der Waals surface area contributed by atoms with E-state index in [4.69, 9.17) is 11.1 Å². The molecule has 2 aromatic carbocycles. The summed E-state index contributed by atoms with van der Waals surface area (Å²) in [6.07, 6.45) is -0.351. The highest BCUT2D eigenvalue weighted by molar-refractivity contribution is 6.09. The molecule has 0 bridgehead atoms. The number of imide groups is 1. The van der Waals surface area contributed by atoms with Crippen LogP contribution in [-0.2, 0) is 19.9 Å². The number of carboxylic acids is 1. The highest BCUT2D eigenvalue weighted by atomic mass is 16.4. The third-order valence-electron chi connectivity index (χ3n) is 5.27. The van der Waals surface area contributed by atoms with E-state index in [0.29, 0.717) is 16.7 Å². The van der Waals surface area contributed by atoms with Crippen molar-refractivity contribution in [2.45, 2.75) is 24.9 Å². The van der Waals surface area contributed by atoms with E-state index in [1.807, 2.05) is 0 Å². The highest BCUT2D eigenvalue weighted by Crippen LogP contribution is 2.29. The second-order valence-corrected chi connectivity index (χ2v) is 7.57. The van der Waals surface area contributed by atoms with E-state index < -0.39 is 41.9 Å². The van der Waals surface area contributed by atoms with Crippen molar-refractivity contribution in [2.75, 3.05) is 6.54 Å². The Morgan fingerprint density at radius 2 is 1.78 bits per heavy atom. The summed E-state index contributed by atoms with van der Waals surface area (Å²) in [5.41, 5.74) is 5.58. The molecule has 0 aliphatic carbocycles. The van der Waals surface area contributed by atoms with Crippen LogP contribution in [0.3, 0.4) is 0 Å². The monoisotopic (exact) mass is 437 g/mol. The van der Waals surface area contributed by atoms with Crippen molar-refractivity contribution in [1.82, 2.24) is 15.5 Å². The number of carboxylic acid groups (broad SMARTS) is 1. The highest BCUT2D eigenvalue weighted by Gasteiger charge is 2.49. The maximum atomic E-state index is 13.0. The van der Waals surface area contributed by atoms with Crippen LogP contribution in [0.1, 0.15) is 36.1 Å². The number of nitrogens with one attached hydrogen (secondary N) is 3. The van der Waals surface area contributed by atoms with E-state index >= 15 is 0 Å². The predicted octanol–water partition coefficient (Wildman–Crippen LogP) is 1.07. The SMILES string of the molecule is C[C@]1(c2ccc(C(=N)N)cc2)NC(=O)N(CC(=O)N[C@@H](CC(=O)O)c2ccccc2)C1=O. The molecular weight excluding hydrogens is 414 g/mol. The number of aliphatic carboxylic acids is 1. The molecule has 1 aliphatic heterocycles. The summed E-state index contributed by atoms with van der Waals surface area (Å²) >= 11 is 0. The molecule has 6 N–H and O–H groups in total. The number of nitrogens with zero attached hydrogens (tertiary/aromatic N) is 1. The average molecular weight is 437 g/mol. The van der Waals surface area contributed by atoms with Gasteiger partial charge in [-0.2, -0.15) is 0 Å². The van der Waals surface area contributed by atoms with Gasteiger partial charge in [-0.15, -0.1) is 0 Å². The molecule has 1 aliphatic rings. The summed E-state index contributed by atoms with van der Waals surface area (Å²) in [6.45, 7) is 0.958. The van der Waals surface area contributed by atoms with Crippen LogP contribution in [0.2, 0.25) is 0 Å². The lowest BCUT2D eigenvalue weighted by Crippen LogP contribution is -2.44. The molecule has 10 heteroatoms. The summed E-state index contributed by atoms with van der Waals surface area (Å²) in [7, 11) is 0. The number of nitrogens with two attached hydrogens (primary N) is 1. The number of urea groups is 1. The van der Waals surface area contributed by atoms with Gasteiger partial charge in [-0.05, 0) is 18.1 Å². The Balaban J connectivity index is 1.74. The quantitative estimate of drug-likeness (QED) is 0.235. The maximum absolute atomic E-state index is 13.0. The third kappa shape index (κ3) is 4.59. The molecule has 0 radical (unpaired) electrons. The second kappa shape index (κ2) is 8.88. The number of hydrogen-bond acceptors (Lipinski definition) is 5. The van der Waals surface area contributed by atoms with Gasteiger partial charge in [0.15, 0.2) is 0 Å². The number of benzene rings is 2. The number of amides is 4. The van der Waals surface area contributed by atoms with Gasteiger partial charge in [0.05, 0.1) is 12.5 Å². The molecule has 3 rings (SSSR count). The topological polar surface area (TPSA) is 166 Å². The van der Waals surface area contributed by atoms with E-state index in [-0.39, 0.29) is 12.3 Å². The molecule has 1 saturated heterocycles. The van der Waals surface area contributed by atoms with Gasteiger partial charge in [-0.1, -0.05) is 54.6 Å². The Bertz CT molecular complexity index is 1070. The van der Waals surface area contributed by atoms with Gasteiger partial charge < -0.3 is 21.5 Å². The van der Waals surface area contributed by atoms with Crippen molar-refractivity contribution < 1.29 is 24.3 Å². The Hall–Kier alpha value is -4.21. The van der Waals surface area contributed by atoms with Crippen molar-refractivity contribution in [1.29, 1.82) is 5.41 Å². The van der Waals surface area contributed by atoms with E-state index in [1.165, 1.54) is 6.92 Å². The molecule has 1 fully saturated rings. The van der Waals surface area contributed by atoms with E-state index in [2.05, 4.69) is 10.6 Å². The van der Waals surface area contributed by atoms with Gasteiger partial charge in [0.25, 0.3) is 5.91 Å². The molecule has 0 spiro atoms. The van der Waals surface area contributed by atoms with E-state index in [9.17, 15) is 24.3 Å². The smallest absolute Gasteiger partial charge is 0.325 e. The molecule has 4 amide bonds. The van der Waals surface area contributed by atoms with Gasteiger partial charge in [0, 0.05) is 5.56 Å². The molecular formula is C22H23N5O5. The molecule has 2 aromatic rings. The molecule has 2 atom stereocenters. The van der Waals surface area contributed by atoms with Crippen molar-refractivity contribution in [2.24, 2.45) is 5.73 Å². The minimum absolute atomic E-state index is 0.129. The lowest BCUT2D eigenvalue weighted by molar-refractivity contribution is -0.138. The van der Waals surface area contributed by atoms with Crippen LogP contribution < -0.4 is 16.4 Å². The normalized spacial score (nSPS) is 18.7. The second-order valence-electron chi connectivity index (χ2n) is 7.57. The molecule has 10 nitrogen and oxygen atoms in total. The zero-order valence-electron chi connectivity index (χ0n) is 17.3. The van der Waals surface area contributed by atoms with Gasteiger partial charge in [0.2, 0.25) is 5.91 Å². The average Bonchev–Trinajstić information content (AvgIpc) is 2.97. The number of hydrogen-bond donors (Lipinski definition) is 5. The minimum Gasteiger partial charge on any atom is -0.481 e. The summed E-state index contributed by atoms with van der Waals surface area (Å²) in [6, 6.07) is 13.3. The van der Waals surface area contributed by atoms with Gasteiger partial charge in [0.1, 0.15) is 17.9 Å². The molecule has 0 saturated carbocycles. The maximum Gasteiger partial charge on any atom is 0.325 e. The summed E-state index contributed by atoms with van der Waals surface area (Å²) in [5, 5.41) is 21.8. The van der Waals surface area contributed by atoms with Gasteiger partial charge in [-0.25, -0.2) is 4.79 Å². The number of carbonyl (C=O) groups is 4. The molecule has 1 heterocycles. The summed E-state index contributed by atoms with van der Waals surface area (Å²) in [4.78, 5) is 50.1. The number of nitrogen functional groups attached to an aromatic ring is 1. The van der Waals surface area contributed by atoms with Crippen molar-refractivity contribution in [3.63, 3.8) is 0 Å². The lowest BCUT2D eigenvalue weighted by Gasteiger charge is -2.23. The fourth-order valence-electron chi connectivity index (χ4n) is 3.52. The Morgan fingerprint density at radius 1 is 1.16 bits per heavy atom. The van der Waals surface area contributed by atoms with E-state index in [1.54, 1.807) is 54.6 Å². The van der Waals surface area contributed by atoms with Gasteiger partial charge >= 0.3 is 12.0 Å². The Labute approximate surface area is 183 Å². The largest absolute Gasteiger partial charge is 0.481 e. The number of rotatable bonds is 8. The summed E-state index contributed by atoms with van der Waals surface area (Å²) in [5.74, 6) is -2.52. The van der Waals surface area contributed by atoms with Crippen LogP contribution in [0, 0.1) is 5.41 Å². The van der Waals surface area contributed by atoms with Crippen LogP contribution in [0.5, 0.6) is 0 Å². The number of carbonyl (C=O) groups excluding carboxylic acids is 3. The third-order valence-corrected chi connectivity index (χ3v) is 5.27. The zero-order chi connectivity index (χ0) is 23.5.